The van der Waals surface area contributed by atoms with Crippen molar-refractivity contribution in [2.45, 2.75) is 27.7 Å². The van der Waals surface area contributed by atoms with Crippen LogP contribution in [-0.4, -0.2) is 11.9 Å². The Kier molecular flexibility index (Phi) is 4.45. The van der Waals surface area contributed by atoms with Crippen molar-refractivity contribution in [3.05, 3.63) is 59.7 Å². The van der Waals surface area contributed by atoms with Crippen molar-refractivity contribution >= 4 is 65.0 Å². The Balaban J connectivity index is 2.11. The molecule has 5 heteroatoms. The quantitative estimate of drug-likeness (QED) is 0.228. The second-order valence-corrected chi connectivity index (χ2v) is 8.72. The minimum absolute atomic E-state index is 0.386. The maximum Gasteiger partial charge on any atom is 0.308 e. The molecule has 5 rings (SSSR count). The number of benzene rings is 4. The average molecular weight is 429 g/mol. The lowest BCUT2D eigenvalue weighted by Crippen LogP contribution is -2.05. The normalized spacial score (nSPS) is 11.5. The molecule has 0 spiro atoms. The number of fused-ring (bicyclic) bond motifs is 5. The predicted octanol–water partition coefficient (Wildman–Crippen LogP) is 6.83. The number of rotatable bonds is 2. The van der Waals surface area contributed by atoms with E-state index in [1.54, 1.807) is 11.3 Å². The Morgan fingerprint density at radius 1 is 0.645 bits per heavy atom. The number of hydrogen-bond donors (Lipinski definition) is 0. The maximum absolute atomic E-state index is 12.1. The fourth-order valence-electron chi connectivity index (χ4n) is 4.45. The Labute approximate surface area is 183 Å². The lowest BCUT2D eigenvalue weighted by atomic mass is 9.94. The second kappa shape index (κ2) is 7.06. The largest absolute Gasteiger partial charge is 0.425 e. The van der Waals surface area contributed by atoms with Crippen LogP contribution in [0.25, 0.3) is 41.7 Å². The molecule has 0 fully saturated rings. The van der Waals surface area contributed by atoms with Crippen molar-refractivity contribution in [3.8, 4) is 11.5 Å². The van der Waals surface area contributed by atoms with Gasteiger partial charge in [-0.3, -0.25) is 9.59 Å². The molecule has 0 amide bonds. The zero-order valence-electron chi connectivity index (χ0n) is 17.7. The lowest BCUT2D eigenvalue weighted by molar-refractivity contribution is -0.132. The van der Waals surface area contributed by atoms with E-state index in [1.807, 2.05) is 36.4 Å². The molecule has 4 nitrogen and oxygen atoms in total. The van der Waals surface area contributed by atoms with Gasteiger partial charge in [0.25, 0.3) is 0 Å². The zero-order valence-corrected chi connectivity index (χ0v) is 18.5. The molecule has 1 aromatic heterocycles. The highest BCUT2D eigenvalue weighted by molar-refractivity contribution is 7.26. The Bertz CT molecular complexity index is 1560. The van der Waals surface area contributed by atoms with E-state index >= 15 is 0 Å². The molecule has 31 heavy (non-hydrogen) atoms. The van der Waals surface area contributed by atoms with Crippen molar-refractivity contribution in [2.24, 2.45) is 0 Å². The molecule has 0 unspecified atom stereocenters. The van der Waals surface area contributed by atoms with Gasteiger partial charge in [-0.05, 0) is 35.7 Å². The number of esters is 2. The Morgan fingerprint density at radius 2 is 1.13 bits per heavy atom. The number of carbonyl (C=O) groups excluding carboxylic acids is 2. The first-order valence-electron chi connectivity index (χ1n) is 10.0. The number of thiophene rings is 1. The molecule has 0 aliphatic heterocycles. The molecule has 0 saturated heterocycles. The summed E-state index contributed by atoms with van der Waals surface area (Å²) in [5.41, 5.74) is 2.27. The maximum atomic E-state index is 12.1. The van der Waals surface area contributed by atoms with Gasteiger partial charge in [0.1, 0.15) is 5.75 Å². The summed E-state index contributed by atoms with van der Waals surface area (Å²) in [4.78, 5) is 24.1. The van der Waals surface area contributed by atoms with Gasteiger partial charge in [0.15, 0.2) is 5.75 Å². The van der Waals surface area contributed by atoms with Crippen LogP contribution < -0.4 is 9.47 Å². The van der Waals surface area contributed by atoms with Gasteiger partial charge in [0.2, 0.25) is 0 Å². The van der Waals surface area contributed by atoms with Gasteiger partial charge < -0.3 is 9.47 Å². The fourth-order valence-corrected chi connectivity index (χ4v) is 5.82. The Hall–Kier alpha value is -3.44. The van der Waals surface area contributed by atoms with Crippen LogP contribution in [-0.2, 0) is 9.59 Å². The van der Waals surface area contributed by atoms with Crippen LogP contribution in [0.5, 0.6) is 11.5 Å². The van der Waals surface area contributed by atoms with E-state index in [0.717, 1.165) is 47.5 Å². The molecule has 0 bridgehead atoms. The minimum Gasteiger partial charge on any atom is -0.425 e. The third-order valence-corrected chi connectivity index (χ3v) is 7.01. The predicted molar refractivity (Wildman–Crippen MR) is 126 cm³/mol. The third kappa shape index (κ3) is 2.88. The summed E-state index contributed by atoms with van der Waals surface area (Å²) >= 11 is 1.57. The highest BCUT2D eigenvalue weighted by atomic mass is 32.1. The van der Waals surface area contributed by atoms with Crippen LogP contribution in [0.3, 0.4) is 0 Å². The van der Waals surface area contributed by atoms with Crippen molar-refractivity contribution in [2.75, 3.05) is 0 Å². The van der Waals surface area contributed by atoms with Gasteiger partial charge in [-0.25, -0.2) is 0 Å². The summed E-state index contributed by atoms with van der Waals surface area (Å²) in [5, 5.41) is 5.68. The van der Waals surface area contributed by atoms with Crippen molar-refractivity contribution < 1.29 is 19.1 Å². The molecule has 0 aliphatic carbocycles. The number of aryl methyl sites for hydroxylation is 2. The summed E-state index contributed by atoms with van der Waals surface area (Å²) in [7, 11) is 0. The monoisotopic (exact) mass is 428 g/mol. The summed E-state index contributed by atoms with van der Waals surface area (Å²) in [6, 6.07) is 15.9. The van der Waals surface area contributed by atoms with Crippen LogP contribution in [0, 0.1) is 13.8 Å². The number of ether oxygens (including phenoxy) is 2. The number of carbonyl (C=O) groups is 2. The molecule has 5 aromatic rings. The molecular weight excluding hydrogens is 408 g/mol. The lowest BCUT2D eigenvalue weighted by Gasteiger charge is -2.14. The van der Waals surface area contributed by atoms with Gasteiger partial charge in [0, 0.05) is 40.1 Å². The highest BCUT2D eigenvalue weighted by Crippen LogP contribution is 2.52. The minimum atomic E-state index is -0.388. The zero-order chi connectivity index (χ0) is 21.9. The first kappa shape index (κ1) is 19.5. The first-order valence-corrected chi connectivity index (χ1v) is 10.9. The van der Waals surface area contributed by atoms with E-state index < -0.39 is 0 Å². The van der Waals surface area contributed by atoms with Gasteiger partial charge in [-0.15, -0.1) is 11.3 Å². The second-order valence-electron chi connectivity index (χ2n) is 7.70. The third-order valence-electron chi connectivity index (χ3n) is 5.70. The van der Waals surface area contributed by atoms with Crippen molar-refractivity contribution in [1.29, 1.82) is 0 Å². The van der Waals surface area contributed by atoms with E-state index in [4.69, 9.17) is 9.47 Å². The first-order chi connectivity index (χ1) is 14.9. The van der Waals surface area contributed by atoms with E-state index in [1.165, 1.54) is 19.2 Å². The molecule has 154 valence electrons. The van der Waals surface area contributed by atoms with Gasteiger partial charge in [-0.2, -0.15) is 0 Å². The van der Waals surface area contributed by atoms with Crippen LogP contribution >= 0.6 is 11.3 Å². The van der Waals surface area contributed by atoms with Gasteiger partial charge >= 0.3 is 11.9 Å². The molecule has 0 saturated carbocycles. The van der Waals surface area contributed by atoms with E-state index in [9.17, 15) is 9.59 Å². The molecule has 0 aliphatic rings. The topological polar surface area (TPSA) is 52.6 Å². The summed E-state index contributed by atoms with van der Waals surface area (Å²) in [6.07, 6.45) is 0. The molecule has 1 heterocycles. The highest BCUT2D eigenvalue weighted by Gasteiger charge is 2.25. The number of hydrogen-bond acceptors (Lipinski definition) is 5. The van der Waals surface area contributed by atoms with Crippen LogP contribution in [0.2, 0.25) is 0 Å². The molecule has 4 aromatic carbocycles. The van der Waals surface area contributed by atoms with Crippen molar-refractivity contribution in [3.63, 3.8) is 0 Å². The summed E-state index contributed by atoms with van der Waals surface area (Å²) in [5.74, 6) is 0.250. The average Bonchev–Trinajstić information content (AvgIpc) is 3.15. The van der Waals surface area contributed by atoms with Gasteiger partial charge in [-0.1, -0.05) is 48.5 Å². The summed E-state index contributed by atoms with van der Waals surface area (Å²) in [6.45, 7) is 7.01. The van der Waals surface area contributed by atoms with E-state index in [-0.39, 0.29) is 11.9 Å². The molecule has 0 radical (unpaired) electrons. The van der Waals surface area contributed by atoms with Crippen LogP contribution in [0.1, 0.15) is 25.0 Å². The summed E-state index contributed by atoms with van der Waals surface area (Å²) < 4.78 is 13.4. The van der Waals surface area contributed by atoms with Gasteiger partial charge in [0.05, 0.1) is 4.70 Å². The molecular formula is C26H20O4S. The van der Waals surface area contributed by atoms with Crippen LogP contribution in [0.4, 0.5) is 0 Å². The van der Waals surface area contributed by atoms with Crippen LogP contribution in [0.15, 0.2) is 48.5 Å². The van der Waals surface area contributed by atoms with E-state index in [2.05, 4.69) is 26.0 Å². The SMILES string of the molecule is CC(=O)Oc1c2ccccc2c(OC(C)=O)c2c1sc1c(C)c3ccccc3c(C)c12. The standard InChI is InChI=1S/C26H20O4S/c1-13-17-9-5-6-10-18(17)14(2)25-21(13)22-23(29-15(3)27)19-11-7-8-12-20(19)24(26(22)31-25)30-16(4)28/h5-12H,1-4H3. The van der Waals surface area contributed by atoms with E-state index in [0.29, 0.717) is 11.5 Å². The Morgan fingerprint density at radius 3 is 1.71 bits per heavy atom. The van der Waals surface area contributed by atoms with Crippen molar-refractivity contribution in [1.82, 2.24) is 0 Å². The molecule has 0 N–H and O–H groups in total. The molecule has 0 atom stereocenters. The smallest absolute Gasteiger partial charge is 0.308 e. The fraction of sp³-hybridized carbons (Fsp3) is 0.154.